The van der Waals surface area contributed by atoms with E-state index in [-0.39, 0.29) is 11.7 Å². The average molecular weight is 220 g/mol. The summed E-state index contributed by atoms with van der Waals surface area (Å²) in [6, 6.07) is 5.43. The lowest BCUT2D eigenvalue weighted by molar-refractivity contribution is -0.119. The van der Waals surface area contributed by atoms with Gasteiger partial charge in [0.2, 0.25) is 0 Å². The molecule has 1 aliphatic rings. The minimum absolute atomic E-state index is 0.00852. The number of phenolic OH excluding ortho intramolecular Hbond substituents is 1. The standard InChI is InChI=1S/C11H12N2O3/c1-2-7-10(15)12-11(16)13(7)8-5-3-4-6-9(8)14/h3-7,14H,2H2,1H3,(H,12,15,16). The van der Waals surface area contributed by atoms with E-state index in [0.29, 0.717) is 12.1 Å². The molecule has 16 heavy (non-hydrogen) atoms. The zero-order valence-electron chi connectivity index (χ0n) is 8.80. The van der Waals surface area contributed by atoms with Gasteiger partial charge in [-0.05, 0) is 18.6 Å². The summed E-state index contributed by atoms with van der Waals surface area (Å²) < 4.78 is 0. The first-order valence-corrected chi connectivity index (χ1v) is 5.07. The van der Waals surface area contributed by atoms with E-state index >= 15 is 0 Å². The summed E-state index contributed by atoms with van der Waals surface area (Å²) in [7, 11) is 0. The maximum atomic E-state index is 11.6. The van der Waals surface area contributed by atoms with E-state index in [0.717, 1.165) is 0 Å². The summed E-state index contributed by atoms with van der Waals surface area (Å²) >= 11 is 0. The van der Waals surface area contributed by atoms with Gasteiger partial charge < -0.3 is 5.11 Å². The van der Waals surface area contributed by atoms with Crippen LogP contribution in [-0.4, -0.2) is 23.1 Å². The van der Waals surface area contributed by atoms with E-state index in [1.807, 2.05) is 6.92 Å². The number of carbonyl (C=O) groups excluding carboxylic acids is 2. The minimum atomic E-state index is -0.541. The van der Waals surface area contributed by atoms with Crippen LogP contribution in [0.1, 0.15) is 13.3 Å². The Morgan fingerprint density at radius 2 is 2.06 bits per heavy atom. The summed E-state index contributed by atoms with van der Waals surface area (Å²) in [5.41, 5.74) is 0.359. The first kappa shape index (κ1) is 10.5. The highest BCUT2D eigenvalue weighted by Gasteiger charge is 2.38. The van der Waals surface area contributed by atoms with E-state index in [4.69, 9.17) is 0 Å². The third-order valence-electron chi connectivity index (χ3n) is 2.59. The van der Waals surface area contributed by atoms with E-state index in [2.05, 4.69) is 5.32 Å². The van der Waals surface area contributed by atoms with Gasteiger partial charge in [-0.3, -0.25) is 15.0 Å². The van der Waals surface area contributed by atoms with Gasteiger partial charge in [0.1, 0.15) is 11.8 Å². The second-order valence-electron chi connectivity index (χ2n) is 3.58. The van der Waals surface area contributed by atoms with Crippen LogP contribution in [-0.2, 0) is 4.79 Å². The van der Waals surface area contributed by atoms with Crippen LogP contribution >= 0.6 is 0 Å². The fraction of sp³-hybridized carbons (Fsp3) is 0.273. The van der Waals surface area contributed by atoms with Crippen LogP contribution in [0.3, 0.4) is 0 Å². The molecule has 5 heteroatoms. The van der Waals surface area contributed by atoms with Gasteiger partial charge in [0.25, 0.3) is 5.91 Å². The van der Waals surface area contributed by atoms with E-state index in [1.54, 1.807) is 18.2 Å². The van der Waals surface area contributed by atoms with Crippen molar-refractivity contribution >= 4 is 17.6 Å². The Morgan fingerprint density at radius 1 is 1.38 bits per heavy atom. The van der Waals surface area contributed by atoms with Crippen molar-refractivity contribution in [1.29, 1.82) is 0 Å². The highest BCUT2D eigenvalue weighted by Crippen LogP contribution is 2.30. The number of nitrogens with one attached hydrogen (secondary N) is 1. The number of hydrogen-bond acceptors (Lipinski definition) is 3. The predicted molar refractivity (Wildman–Crippen MR) is 58.2 cm³/mol. The molecule has 0 aliphatic carbocycles. The Hall–Kier alpha value is -2.04. The van der Waals surface area contributed by atoms with Gasteiger partial charge in [-0.15, -0.1) is 0 Å². The van der Waals surface area contributed by atoms with Gasteiger partial charge in [0, 0.05) is 0 Å². The average Bonchev–Trinajstić information content (AvgIpc) is 2.54. The molecule has 1 aliphatic heterocycles. The largest absolute Gasteiger partial charge is 0.506 e. The number of aromatic hydroxyl groups is 1. The first-order chi connectivity index (χ1) is 7.65. The molecule has 1 saturated heterocycles. The third kappa shape index (κ3) is 1.50. The van der Waals surface area contributed by atoms with Crippen molar-refractivity contribution < 1.29 is 14.7 Å². The lowest BCUT2D eigenvalue weighted by Gasteiger charge is -2.21. The first-order valence-electron chi connectivity index (χ1n) is 5.07. The van der Waals surface area contributed by atoms with Crippen LogP contribution in [0.4, 0.5) is 10.5 Å². The quantitative estimate of drug-likeness (QED) is 0.736. The number of anilines is 1. The molecular formula is C11H12N2O3. The van der Waals surface area contributed by atoms with Crippen molar-refractivity contribution in [3.05, 3.63) is 24.3 Å². The van der Waals surface area contributed by atoms with Gasteiger partial charge in [0.15, 0.2) is 0 Å². The van der Waals surface area contributed by atoms with Crippen LogP contribution in [0, 0.1) is 0 Å². The number of nitrogens with zero attached hydrogens (tertiary/aromatic N) is 1. The SMILES string of the molecule is CCC1C(=O)NC(=O)N1c1ccccc1O. The highest BCUT2D eigenvalue weighted by molar-refractivity contribution is 6.14. The number of hydrogen-bond donors (Lipinski definition) is 2. The topological polar surface area (TPSA) is 69.6 Å². The molecule has 3 amide bonds. The number of rotatable bonds is 2. The summed E-state index contributed by atoms with van der Waals surface area (Å²) in [6.45, 7) is 1.82. The Kier molecular flexibility index (Phi) is 2.52. The molecular weight excluding hydrogens is 208 g/mol. The molecule has 2 rings (SSSR count). The van der Waals surface area contributed by atoms with Gasteiger partial charge in [-0.1, -0.05) is 19.1 Å². The monoisotopic (exact) mass is 220 g/mol. The fourth-order valence-electron chi connectivity index (χ4n) is 1.82. The molecule has 84 valence electrons. The van der Waals surface area contributed by atoms with Crippen molar-refractivity contribution in [3.63, 3.8) is 0 Å². The highest BCUT2D eigenvalue weighted by atomic mass is 16.3. The molecule has 0 bridgehead atoms. The fourth-order valence-corrected chi connectivity index (χ4v) is 1.82. The molecule has 1 fully saturated rings. The Morgan fingerprint density at radius 3 is 2.69 bits per heavy atom. The number of amides is 3. The van der Waals surface area contributed by atoms with Crippen LogP contribution < -0.4 is 10.2 Å². The molecule has 2 N–H and O–H groups in total. The van der Waals surface area contributed by atoms with Crippen molar-refractivity contribution in [2.75, 3.05) is 4.90 Å². The normalized spacial score (nSPS) is 20.1. The van der Waals surface area contributed by atoms with Crippen LogP contribution in [0.5, 0.6) is 5.75 Å². The molecule has 0 spiro atoms. The molecule has 1 heterocycles. The molecule has 1 unspecified atom stereocenters. The van der Waals surface area contributed by atoms with Crippen molar-refractivity contribution in [2.45, 2.75) is 19.4 Å². The second-order valence-corrected chi connectivity index (χ2v) is 3.58. The number of carbonyl (C=O) groups is 2. The minimum Gasteiger partial charge on any atom is -0.506 e. The number of para-hydroxylation sites is 2. The van der Waals surface area contributed by atoms with Crippen LogP contribution in [0.2, 0.25) is 0 Å². The van der Waals surface area contributed by atoms with Crippen molar-refractivity contribution in [3.8, 4) is 5.75 Å². The maximum Gasteiger partial charge on any atom is 0.329 e. The van der Waals surface area contributed by atoms with Crippen molar-refractivity contribution in [2.24, 2.45) is 0 Å². The number of imide groups is 1. The lowest BCUT2D eigenvalue weighted by atomic mass is 10.2. The summed E-state index contributed by atoms with van der Waals surface area (Å²) in [6.07, 6.45) is 0.506. The predicted octanol–water partition coefficient (Wildman–Crippen LogP) is 1.23. The number of benzene rings is 1. The van der Waals surface area contributed by atoms with Crippen LogP contribution in [0.25, 0.3) is 0 Å². The lowest BCUT2D eigenvalue weighted by Crippen LogP contribution is -2.34. The summed E-state index contributed by atoms with van der Waals surface area (Å²) in [4.78, 5) is 24.3. The number of urea groups is 1. The molecule has 1 atom stereocenters. The Balaban J connectivity index is 2.43. The third-order valence-corrected chi connectivity index (χ3v) is 2.59. The molecule has 1 aromatic carbocycles. The molecule has 1 aromatic rings. The summed E-state index contributed by atoms with van der Waals surface area (Å²) in [5.74, 6) is -0.332. The molecule has 0 aromatic heterocycles. The van der Waals surface area contributed by atoms with Crippen molar-refractivity contribution in [1.82, 2.24) is 5.32 Å². The number of phenols is 1. The Bertz CT molecular complexity index is 445. The van der Waals surface area contributed by atoms with Gasteiger partial charge in [0.05, 0.1) is 5.69 Å². The smallest absolute Gasteiger partial charge is 0.329 e. The van der Waals surface area contributed by atoms with Gasteiger partial charge in [-0.25, -0.2) is 4.79 Å². The summed E-state index contributed by atoms with van der Waals surface area (Å²) in [5, 5.41) is 11.9. The van der Waals surface area contributed by atoms with E-state index in [9.17, 15) is 14.7 Å². The van der Waals surface area contributed by atoms with Gasteiger partial charge >= 0.3 is 6.03 Å². The molecule has 0 radical (unpaired) electrons. The van der Waals surface area contributed by atoms with E-state index in [1.165, 1.54) is 11.0 Å². The zero-order valence-corrected chi connectivity index (χ0v) is 8.80. The Labute approximate surface area is 92.7 Å². The molecule has 0 saturated carbocycles. The second kappa shape index (κ2) is 3.84. The molecule has 5 nitrogen and oxygen atoms in total. The van der Waals surface area contributed by atoms with E-state index < -0.39 is 12.1 Å². The van der Waals surface area contributed by atoms with Gasteiger partial charge in [-0.2, -0.15) is 0 Å². The van der Waals surface area contributed by atoms with Crippen LogP contribution in [0.15, 0.2) is 24.3 Å². The maximum absolute atomic E-state index is 11.6. The zero-order chi connectivity index (χ0) is 11.7.